The number of para-hydroxylation sites is 2. The van der Waals surface area contributed by atoms with Gasteiger partial charge in [-0.15, -0.1) is 0 Å². The van der Waals surface area contributed by atoms with Gasteiger partial charge in [-0.1, -0.05) is 84.9 Å². The minimum Gasteiger partial charge on any atom is -0.507 e. The number of aromatic hydroxyl groups is 2. The van der Waals surface area contributed by atoms with Gasteiger partial charge in [0, 0.05) is 23.0 Å². The standard InChI is InChI=1S/C32H24N2O2/c35-29-17-9-7-15-23(29)31-25(21-11-3-1-4-12-21)19-27(33-31)28-20-26(22-13-5-2-6-14-22)32(34-28)24-16-8-10-18-30(24)36/h1-20,25-26,35-36H. The van der Waals surface area contributed by atoms with Crippen LogP contribution in [0.1, 0.15) is 34.1 Å². The first-order valence-electron chi connectivity index (χ1n) is 12.0. The van der Waals surface area contributed by atoms with Crippen LogP contribution in [0, 0.1) is 0 Å². The Morgan fingerprint density at radius 3 is 1.19 bits per heavy atom. The summed E-state index contributed by atoms with van der Waals surface area (Å²) in [6, 6.07) is 34.9. The zero-order valence-corrected chi connectivity index (χ0v) is 19.5. The van der Waals surface area contributed by atoms with E-state index in [2.05, 4.69) is 36.4 Å². The molecule has 2 atom stereocenters. The molecule has 174 valence electrons. The van der Waals surface area contributed by atoms with Crippen molar-refractivity contribution in [3.63, 3.8) is 0 Å². The predicted octanol–water partition coefficient (Wildman–Crippen LogP) is 6.74. The van der Waals surface area contributed by atoms with E-state index in [1.54, 1.807) is 12.1 Å². The number of hydrogen-bond donors (Lipinski definition) is 2. The van der Waals surface area contributed by atoms with Crippen LogP contribution in [-0.2, 0) is 0 Å². The van der Waals surface area contributed by atoms with Crippen LogP contribution in [0.25, 0.3) is 0 Å². The summed E-state index contributed by atoms with van der Waals surface area (Å²) in [5.41, 5.74) is 6.70. The summed E-state index contributed by atoms with van der Waals surface area (Å²) >= 11 is 0. The van der Waals surface area contributed by atoms with Crippen molar-refractivity contribution in [2.75, 3.05) is 0 Å². The van der Waals surface area contributed by atoms with Gasteiger partial charge in [0.1, 0.15) is 11.5 Å². The number of allylic oxidation sites excluding steroid dienone is 2. The highest BCUT2D eigenvalue weighted by molar-refractivity contribution is 6.12. The van der Waals surface area contributed by atoms with Gasteiger partial charge in [-0.25, -0.2) is 9.98 Å². The Balaban J connectivity index is 1.49. The van der Waals surface area contributed by atoms with Crippen molar-refractivity contribution < 1.29 is 10.2 Å². The maximum Gasteiger partial charge on any atom is 0.124 e. The lowest BCUT2D eigenvalue weighted by atomic mass is 9.90. The number of phenolic OH excluding ortho intramolecular Hbond substituents is 2. The molecule has 2 aliphatic heterocycles. The van der Waals surface area contributed by atoms with E-state index in [-0.39, 0.29) is 23.3 Å². The molecule has 0 aromatic heterocycles. The smallest absolute Gasteiger partial charge is 0.124 e. The Kier molecular flexibility index (Phi) is 5.55. The molecule has 0 saturated heterocycles. The number of benzene rings is 4. The fraction of sp³-hybridized carbons (Fsp3) is 0.0625. The summed E-state index contributed by atoms with van der Waals surface area (Å²) in [6.07, 6.45) is 4.23. The molecular weight excluding hydrogens is 444 g/mol. The van der Waals surface area contributed by atoms with E-state index in [1.165, 1.54) is 0 Å². The second kappa shape index (κ2) is 9.16. The summed E-state index contributed by atoms with van der Waals surface area (Å²) in [5, 5.41) is 21.3. The molecule has 6 rings (SSSR count). The summed E-state index contributed by atoms with van der Waals surface area (Å²) < 4.78 is 0. The molecule has 0 radical (unpaired) electrons. The molecule has 4 aromatic carbocycles. The molecule has 2 heterocycles. The lowest BCUT2D eigenvalue weighted by molar-refractivity contribution is 0.473. The van der Waals surface area contributed by atoms with Gasteiger partial charge in [0.2, 0.25) is 0 Å². The van der Waals surface area contributed by atoms with Crippen LogP contribution in [-0.4, -0.2) is 21.6 Å². The van der Waals surface area contributed by atoms with Crippen LogP contribution in [0.4, 0.5) is 0 Å². The molecule has 4 nitrogen and oxygen atoms in total. The summed E-state index contributed by atoms with van der Waals surface area (Å²) in [7, 11) is 0. The van der Waals surface area contributed by atoms with Crippen molar-refractivity contribution in [2.24, 2.45) is 9.98 Å². The van der Waals surface area contributed by atoms with Gasteiger partial charge >= 0.3 is 0 Å². The van der Waals surface area contributed by atoms with Crippen molar-refractivity contribution in [3.05, 3.63) is 155 Å². The van der Waals surface area contributed by atoms with Crippen LogP contribution >= 0.6 is 0 Å². The highest BCUT2D eigenvalue weighted by atomic mass is 16.3. The van der Waals surface area contributed by atoms with Crippen LogP contribution in [0.5, 0.6) is 11.5 Å². The summed E-state index contributed by atoms with van der Waals surface area (Å²) in [5.74, 6) is 0.172. The van der Waals surface area contributed by atoms with Gasteiger partial charge in [-0.3, -0.25) is 0 Å². The van der Waals surface area contributed by atoms with E-state index in [0.717, 1.165) is 33.9 Å². The Bertz CT molecular complexity index is 1430. The van der Waals surface area contributed by atoms with Gasteiger partial charge in [0.15, 0.2) is 0 Å². The number of nitrogens with zero attached hydrogens (tertiary/aromatic N) is 2. The SMILES string of the molecule is Oc1ccccc1C1=NC(C2=CC(c3ccccc3)C(c3ccccc3O)=N2)=CC1c1ccccc1. The third-order valence-corrected chi connectivity index (χ3v) is 6.66. The summed E-state index contributed by atoms with van der Waals surface area (Å²) in [6.45, 7) is 0. The van der Waals surface area contributed by atoms with E-state index in [0.29, 0.717) is 11.1 Å². The zero-order chi connectivity index (χ0) is 24.5. The second-order valence-electron chi connectivity index (χ2n) is 8.91. The van der Waals surface area contributed by atoms with Gasteiger partial charge in [-0.05, 0) is 47.5 Å². The topological polar surface area (TPSA) is 65.2 Å². The largest absolute Gasteiger partial charge is 0.507 e. The number of rotatable bonds is 5. The molecule has 2 unspecified atom stereocenters. The molecule has 0 amide bonds. The van der Waals surface area contributed by atoms with Crippen LogP contribution in [0.3, 0.4) is 0 Å². The van der Waals surface area contributed by atoms with Crippen molar-refractivity contribution in [3.8, 4) is 11.5 Å². The highest BCUT2D eigenvalue weighted by Gasteiger charge is 2.31. The lowest BCUT2D eigenvalue weighted by Crippen LogP contribution is -2.09. The van der Waals surface area contributed by atoms with E-state index in [9.17, 15) is 10.2 Å². The zero-order valence-electron chi connectivity index (χ0n) is 19.5. The van der Waals surface area contributed by atoms with Gasteiger partial charge in [0.25, 0.3) is 0 Å². The van der Waals surface area contributed by atoms with Crippen LogP contribution < -0.4 is 0 Å². The number of aliphatic imine (C=N–C) groups is 2. The number of hydrogen-bond acceptors (Lipinski definition) is 4. The first-order valence-corrected chi connectivity index (χ1v) is 12.0. The molecule has 0 spiro atoms. The third-order valence-electron chi connectivity index (χ3n) is 6.66. The molecule has 0 aliphatic carbocycles. The normalized spacial score (nSPS) is 18.9. The third kappa shape index (κ3) is 3.93. The molecule has 0 bridgehead atoms. The van der Waals surface area contributed by atoms with Gasteiger partial charge in [0.05, 0.1) is 22.8 Å². The molecule has 36 heavy (non-hydrogen) atoms. The Hall–Kier alpha value is -4.70. The molecule has 0 saturated carbocycles. The number of phenols is 2. The van der Waals surface area contributed by atoms with Crippen molar-refractivity contribution in [1.29, 1.82) is 0 Å². The summed E-state index contributed by atoms with van der Waals surface area (Å²) in [4.78, 5) is 10.0. The lowest BCUT2D eigenvalue weighted by Gasteiger charge is -2.13. The van der Waals surface area contributed by atoms with Crippen LogP contribution in [0.15, 0.2) is 143 Å². The minimum absolute atomic E-state index is 0.116. The maximum atomic E-state index is 10.6. The van der Waals surface area contributed by atoms with E-state index >= 15 is 0 Å². The first kappa shape index (κ1) is 21.8. The van der Waals surface area contributed by atoms with Crippen molar-refractivity contribution in [1.82, 2.24) is 0 Å². The van der Waals surface area contributed by atoms with E-state index < -0.39 is 0 Å². The Morgan fingerprint density at radius 1 is 0.444 bits per heavy atom. The Morgan fingerprint density at radius 2 is 0.806 bits per heavy atom. The highest BCUT2D eigenvalue weighted by Crippen LogP contribution is 2.40. The van der Waals surface area contributed by atoms with E-state index in [4.69, 9.17) is 9.98 Å². The molecule has 2 aliphatic rings. The molecule has 4 aromatic rings. The monoisotopic (exact) mass is 468 g/mol. The quantitative estimate of drug-likeness (QED) is 0.341. The minimum atomic E-state index is -0.116. The second-order valence-corrected chi connectivity index (χ2v) is 8.91. The average Bonchev–Trinajstić information content (AvgIpc) is 3.56. The van der Waals surface area contributed by atoms with Crippen LogP contribution in [0.2, 0.25) is 0 Å². The van der Waals surface area contributed by atoms with Crippen molar-refractivity contribution in [2.45, 2.75) is 11.8 Å². The molecular formula is C32H24N2O2. The first-order chi connectivity index (χ1) is 17.7. The molecule has 2 N–H and O–H groups in total. The van der Waals surface area contributed by atoms with Gasteiger partial charge < -0.3 is 10.2 Å². The average molecular weight is 469 g/mol. The Labute approximate surface area is 210 Å². The van der Waals surface area contributed by atoms with E-state index in [1.807, 2.05) is 72.8 Å². The van der Waals surface area contributed by atoms with Gasteiger partial charge in [-0.2, -0.15) is 0 Å². The predicted molar refractivity (Wildman–Crippen MR) is 144 cm³/mol. The molecule has 0 fully saturated rings. The molecule has 4 heteroatoms. The fourth-order valence-corrected chi connectivity index (χ4v) is 4.90. The fourth-order valence-electron chi connectivity index (χ4n) is 4.90. The maximum absolute atomic E-state index is 10.6. The van der Waals surface area contributed by atoms with Crippen molar-refractivity contribution >= 4 is 11.4 Å².